The monoisotopic (exact) mass is 294 g/mol. The highest BCUT2D eigenvalue weighted by Gasteiger charge is 2.08. The average molecular weight is 295 g/mol. The number of carboxylic acids is 1. The molecule has 0 bridgehead atoms. The molecule has 0 saturated carbocycles. The highest BCUT2D eigenvalue weighted by Crippen LogP contribution is 2.17. The van der Waals surface area contributed by atoms with Crippen LogP contribution in [0.15, 0.2) is 30.5 Å². The van der Waals surface area contributed by atoms with E-state index >= 15 is 0 Å². The van der Waals surface area contributed by atoms with E-state index in [9.17, 15) is 4.79 Å². The molecule has 0 radical (unpaired) electrons. The van der Waals surface area contributed by atoms with Gasteiger partial charge in [0, 0.05) is 24.0 Å². The van der Waals surface area contributed by atoms with Gasteiger partial charge in [0.1, 0.15) is 18.2 Å². The Kier molecular flexibility index (Phi) is 4.63. The van der Waals surface area contributed by atoms with Crippen molar-refractivity contribution in [3.05, 3.63) is 47.0 Å². The molecule has 0 aliphatic rings. The number of aromatic nitrogens is 2. The lowest BCUT2D eigenvalue weighted by Crippen LogP contribution is -2.07. The fourth-order valence-corrected chi connectivity index (χ4v) is 1.89. The van der Waals surface area contributed by atoms with E-state index < -0.39 is 5.97 Å². The number of hydrogen-bond donors (Lipinski definition) is 1. The normalized spacial score (nSPS) is 10.5. The second-order valence-electron chi connectivity index (χ2n) is 4.36. The maximum Gasteiger partial charge on any atom is 0.303 e. The molecule has 106 valence electrons. The molecule has 0 saturated heterocycles. The molecule has 1 aromatic carbocycles. The number of aryl methyl sites for hydroxylation is 1. The van der Waals surface area contributed by atoms with Crippen molar-refractivity contribution in [1.29, 1.82) is 0 Å². The van der Waals surface area contributed by atoms with Crippen LogP contribution in [-0.2, 0) is 24.9 Å². The first-order valence-corrected chi connectivity index (χ1v) is 6.53. The molecule has 0 aliphatic heterocycles. The summed E-state index contributed by atoms with van der Waals surface area (Å²) < 4.78 is 7.47. The van der Waals surface area contributed by atoms with Crippen molar-refractivity contribution >= 4 is 17.6 Å². The highest BCUT2D eigenvalue weighted by molar-refractivity contribution is 6.30. The quantitative estimate of drug-likeness (QED) is 0.889. The van der Waals surface area contributed by atoms with Gasteiger partial charge in [0.05, 0.1) is 6.42 Å². The van der Waals surface area contributed by atoms with Crippen LogP contribution in [0.2, 0.25) is 5.02 Å². The van der Waals surface area contributed by atoms with E-state index in [2.05, 4.69) is 4.98 Å². The number of aliphatic carboxylic acids is 1. The van der Waals surface area contributed by atoms with Gasteiger partial charge in [-0.1, -0.05) is 11.6 Å². The Labute approximate surface area is 121 Å². The van der Waals surface area contributed by atoms with Gasteiger partial charge in [-0.15, -0.1) is 0 Å². The van der Waals surface area contributed by atoms with Crippen LogP contribution in [0.5, 0.6) is 5.75 Å². The highest BCUT2D eigenvalue weighted by atomic mass is 35.5. The van der Waals surface area contributed by atoms with Gasteiger partial charge < -0.3 is 14.4 Å². The smallest absolute Gasteiger partial charge is 0.303 e. The Hall–Kier alpha value is -2.01. The molecule has 6 heteroatoms. The number of carboxylic acid groups (broad SMARTS) is 1. The fourth-order valence-electron chi connectivity index (χ4n) is 1.77. The van der Waals surface area contributed by atoms with Crippen LogP contribution in [0, 0.1) is 0 Å². The molecule has 0 amide bonds. The first-order chi connectivity index (χ1) is 9.56. The predicted octanol–water partition coefficient (Wildman–Crippen LogP) is 2.67. The zero-order valence-electron chi connectivity index (χ0n) is 11.0. The van der Waals surface area contributed by atoms with Crippen molar-refractivity contribution < 1.29 is 14.6 Å². The standard InChI is InChI=1S/C14H15ClN2O3/c1-17-11(4-7-14(18)19)8-16-13(17)9-20-12-5-2-10(15)3-6-12/h2-3,5-6,8H,4,7,9H2,1H3,(H,18,19). The maximum absolute atomic E-state index is 10.6. The second-order valence-corrected chi connectivity index (χ2v) is 4.80. The summed E-state index contributed by atoms with van der Waals surface area (Å²) in [5.74, 6) is 0.648. The number of hydrogen-bond acceptors (Lipinski definition) is 3. The van der Waals surface area contributed by atoms with Crippen molar-refractivity contribution in [2.45, 2.75) is 19.4 Å². The lowest BCUT2D eigenvalue weighted by atomic mass is 10.2. The predicted molar refractivity (Wildman–Crippen MR) is 74.9 cm³/mol. The van der Waals surface area contributed by atoms with Crippen LogP contribution in [0.3, 0.4) is 0 Å². The Balaban J connectivity index is 1.96. The summed E-state index contributed by atoms with van der Waals surface area (Å²) in [5, 5.41) is 9.34. The fraction of sp³-hybridized carbons (Fsp3) is 0.286. The van der Waals surface area contributed by atoms with E-state index in [4.69, 9.17) is 21.4 Å². The van der Waals surface area contributed by atoms with Gasteiger partial charge in [-0.3, -0.25) is 4.79 Å². The second kappa shape index (κ2) is 6.43. The van der Waals surface area contributed by atoms with Crippen LogP contribution < -0.4 is 4.74 Å². The first kappa shape index (κ1) is 14.4. The Morgan fingerprint density at radius 2 is 2.10 bits per heavy atom. The number of ether oxygens (including phenoxy) is 1. The molecule has 2 aromatic rings. The molecule has 1 heterocycles. The van der Waals surface area contributed by atoms with Crippen molar-refractivity contribution in [1.82, 2.24) is 9.55 Å². The molecule has 2 rings (SSSR count). The van der Waals surface area contributed by atoms with Gasteiger partial charge in [0.2, 0.25) is 0 Å². The van der Waals surface area contributed by atoms with E-state index in [0.29, 0.717) is 23.8 Å². The van der Waals surface area contributed by atoms with Crippen molar-refractivity contribution in [3.63, 3.8) is 0 Å². The van der Waals surface area contributed by atoms with Crippen molar-refractivity contribution in [3.8, 4) is 5.75 Å². The van der Waals surface area contributed by atoms with Gasteiger partial charge >= 0.3 is 5.97 Å². The summed E-state index contributed by atoms with van der Waals surface area (Å²) in [7, 11) is 1.85. The van der Waals surface area contributed by atoms with E-state index in [0.717, 1.165) is 11.5 Å². The molecule has 20 heavy (non-hydrogen) atoms. The Morgan fingerprint density at radius 1 is 1.40 bits per heavy atom. The number of carbonyl (C=O) groups is 1. The van der Waals surface area contributed by atoms with Crippen LogP contribution in [0.25, 0.3) is 0 Å². The molecule has 5 nitrogen and oxygen atoms in total. The molecule has 1 aromatic heterocycles. The van der Waals surface area contributed by atoms with E-state index in [-0.39, 0.29) is 6.42 Å². The summed E-state index contributed by atoms with van der Waals surface area (Å²) >= 11 is 5.80. The zero-order chi connectivity index (χ0) is 14.5. The summed E-state index contributed by atoms with van der Waals surface area (Å²) in [6.07, 6.45) is 2.24. The summed E-state index contributed by atoms with van der Waals surface area (Å²) in [5.41, 5.74) is 0.877. The summed E-state index contributed by atoms with van der Waals surface area (Å²) in [6, 6.07) is 7.09. The topological polar surface area (TPSA) is 64.4 Å². The van der Waals surface area contributed by atoms with Crippen LogP contribution in [0.4, 0.5) is 0 Å². The average Bonchev–Trinajstić information content (AvgIpc) is 2.77. The minimum Gasteiger partial charge on any atom is -0.486 e. The lowest BCUT2D eigenvalue weighted by Gasteiger charge is -2.07. The van der Waals surface area contributed by atoms with E-state index in [1.165, 1.54) is 0 Å². The van der Waals surface area contributed by atoms with E-state index in [1.54, 1.807) is 30.5 Å². The Morgan fingerprint density at radius 3 is 2.75 bits per heavy atom. The molecular formula is C14H15ClN2O3. The lowest BCUT2D eigenvalue weighted by molar-refractivity contribution is -0.136. The van der Waals surface area contributed by atoms with Gasteiger partial charge in [-0.2, -0.15) is 0 Å². The third kappa shape index (κ3) is 3.74. The van der Waals surface area contributed by atoms with Crippen LogP contribution in [0.1, 0.15) is 17.9 Å². The molecule has 0 unspecified atom stereocenters. The molecule has 0 aliphatic carbocycles. The largest absolute Gasteiger partial charge is 0.486 e. The number of halogens is 1. The number of nitrogens with zero attached hydrogens (tertiary/aromatic N) is 2. The molecule has 1 N–H and O–H groups in total. The molecule has 0 fully saturated rings. The maximum atomic E-state index is 10.6. The number of rotatable bonds is 6. The summed E-state index contributed by atoms with van der Waals surface area (Å²) in [4.78, 5) is 14.8. The number of benzene rings is 1. The molecule has 0 spiro atoms. The van der Waals surface area contributed by atoms with Crippen molar-refractivity contribution in [2.75, 3.05) is 0 Å². The van der Waals surface area contributed by atoms with Crippen LogP contribution in [-0.4, -0.2) is 20.6 Å². The Bertz CT molecular complexity index is 593. The van der Waals surface area contributed by atoms with Gasteiger partial charge in [0.25, 0.3) is 0 Å². The third-order valence-electron chi connectivity index (χ3n) is 2.96. The van der Waals surface area contributed by atoms with Gasteiger partial charge in [-0.05, 0) is 30.7 Å². The first-order valence-electron chi connectivity index (χ1n) is 6.16. The number of imidazole rings is 1. The van der Waals surface area contributed by atoms with E-state index in [1.807, 2.05) is 11.6 Å². The third-order valence-corrected chi connectivity index (χ3v) is 3.21. The molecule has 0 atom stereocenters. The van der Waals surface area contributed by atoms with Crippen molar-refractivity contribution in [2.24, 2.45) is 7.05 Å². The van der Waals surface area contributed by atoms with Gasteiger partial charge in [-0.25, -0.2) is 4.98 Å². The summed E-state index contributed by atoms with van der Waals surface area (Å²) in [6.45, 7) is 0.325. The molecular weight excluding hydrogens is 280 g/mol. The van der Waals surface area contributed by atoms with Gasteiger partial charge in [0.15, 0.2) is 0 Å². The SMILES string of the molecule is Cn1c(CCC(=O)O)cnc1COc1ccc(Cl)cc1. The van der Waals surface area contributed by atoms with Crippen LogP contribution >= 0.6 is 11.6 Å². The minimum atomic E-state index is -0.815. The zero-order valence-corrected chi connectivity index (χ0v) is 11.8. The minimum absolute atomic E-state index is 0.0943.